The molecule has 0 atom stereocenters. The molecule has 2 aromatic rings. The minimum absolute atomic E-state index is 0.141. The van der Waals surface area contributed by atoms with E-state index >= 15 is 0 Å². The topological polar surface area (TPSA) is 52.9 Å². The predicted octanol–water partition coefficient (Wildman–Crippen LogP) is 4.18. The Morgan fingerprint density at radius 2 is 1.83 bits per heavy atom. The highest BCUT2D eigenvalue weighted by Crippen LogP contribution is 2.35. The Hall–Kier alpha value is -2.79. The average molecular weight is 336 g/mol. The summed E-state index contributed by atoms with van der Waals surface area (Å²) in [6, 6.07) is 16.4. The lowest BCUT2D eigenvalue weighted by atomic mass is 10.2. The smallest absolute Gasteiger partial charge is 0.267 e. The summed E-state index contributed by atoms with van der Waals surface area (Å²) in [4.78, 5) is 19.3. The van der Waals surface area contributed by atoms with E-state index in [1.54, 1.807) is 35.3 Å². The lowest BCUT2D eigenvalue weighted by Crippen LogP contribution is -2.29. The molecule has 1 aliphatic rings. The van der Waals surface area contributed by atoms with Gasteiger partial charge < -0.3 is 5.11 Å². The normalized spacial score (nSPS) is 17.7. The number of benzene rings is 2. The van der Waals surface area contributed by atoms with Crippen molar-refractivity contribution in [2.75, 3.05) is 6.54 Å². The summed E-state index contributed by atoms with van der Waals surface area (Å²) in [6.07, 6.45) is 3.35. The van der Waals surface area contributed by atoms with E-state index in [9.17, 15) is 9.90 Å². The van der Waals surface area contributed by atoms with Crippen LogP contribution < -0.4 is 0 Å². The number of aliphatic imine (C=N–C) groups is 1. The molecule has 0 saturated carbocycles. The fourth-order valence-electron chi connectivity index (χ4n) is 2.25. The Labute approximate surface area is 144 Å². The zero-order valence-corrected chi connectivity index (χ0v) is 13.7. The van der Waals surface area contributed by atoms with Crippen molar-refractivity contribution in [3.8, 4) is 5.75 Å². The number of para-hydroxylation sites is 2. The summed E-state index contributed by atoms with van der Waals surface area (Å²) in [5, 5.41) is 10.5. The van der Waals surface area contributed by atoms with Crippen molar-refractivity contribution in [1.82, 2.24) is 4.90 Å². The molecule has 3 rings (SSSR count). The summed E-state index contributed by atoms with van der Waals surface area (Å²) >= 11 is 1.29. The fourth-order valence-corrected chi connectivity index (χ4v) is 3.24. The Kier molecular flexibility index (Phi) is 4.82. The van der Waals surface area contributed by atoms with Gasteiger partial charge in [0.15, 0.2) is 5.17 Å². The monoisotopic (exact) mass is 336 g/mol. The number of amides is 1. The third-order valence-electron chi connectivity index (χ3n) is 3.40. The van der Waals surface area contributed by atoms with E-state index in [2.05, 4.69) is 11.6 Å². The van der Waals surface area contributed by atoms with Gasteiger partial charge in [-0.3, -0.25) is 9.69 Å². The number of phenolic OH excluding ortho intramolecular Hbond substituents is 1. The van der Waals surface area contributed by atoms with E-state index in [0.717, 1.165) is 5.69 Å². The number of amidine groups is 1. The Morgan fingerprint density at radius 1 is 1.12 bits per heavy atom. The maximum atomic E-state index is 12.6. The van der Waals surface area contributed by atoms with E-state index < -0.39 is 0 Å². The number of thioether (sulfide) groups is 1. The van der Waals surface area contributed by atoms with Crippen LogP contribution in [0.5, 0.6) is 5.75 Å². The number of carbonyl (C=O) groups is 1. The Balaban J connectivity index is 1.97. The molecule has 0 aliphatic carbocycles. The van der Waals surface area contributed by atoms with E-state index in [-0.39, 0.29) is 11.7 Å². The van der Waals surface area contributed by atoms with Gasteiger partial charge in [-0.1, -0.05) is 42.5 Å². The van der Waals surface area contributed by atoms with Gasteiger partial charge in [-0.25, -0.2) is 4.99 Å². The quantitative estimate of drug-likeness (QED) is 0.673. The highest BCUT2D eigenvalue weighted by molar-refractivity contribution is 8.18. The van der Waals surface area contributed by atoms with Crippen molar-refractivity contribution in [2.45, 2.75) is 0 Å². The molecule has 1 N–H and O–H groups in total. The second-order valence-corrected chi connectivity index (χ2v) is 6.11. The van der Waals surface area contributed by atoms with Crippen LogP contribution in [0.25, 0.3) is 6.08 Å². The van der Waals surface area contributed by atoms with Gasteiger partial charge in [0.2, 0.25) is 0 Å². The van der Waals surface area contributed by atoms with Gasteiger partial charge >= 0.3 is 0 Å². The third-order valence-corrected chi connectivity index (χ3v) is 4.41. The molecule has 120 valence electrons. The number of phenols is 1. The van der Waals surface area contributed by atoms with Crippen molar-refractivity contribution in [3.63, 3.8) is 0 Å². The fraction of sp³-hybridized carbons (Fsp3) is 0.0526. The summed E-state index contributed by atoms with van der Waals surface area (Å²) in [6.45, 7) is 4.09. The van der Waals surface area contributed by atoms with Crippen molar-refractivity contribution < 1.29 is 9.90 Å². The van der Waals surface area contributed by atoms with Gasteiger partial charge in [0.1, 0.15) is 5.75 Å². The van der Waals surface area contributed by atoms with Gasteiger partial charge in [-0.2, -0.15) is 0 Å². The molecular weight excluding hydrogens is 320 g/mol. The van der Waals surface area contributed by atoms with E-state index in [4.69, 9.17) is 0 Å². The molecule has 2 aromatic carbocycles. The molecule has 0 aromatic heterocycles. The first-order valence-electron chi connectivity index (χ1n) is 7.43. The summed E-state index contributed by atoms with van der Waals surface area (Å²) in [5.74, 6) is -0.0000435. The van der Waals surface area contributed by atoms with Crippen LogP contribution in [-0.2, 0) is 4.79 Å². The molecule has 0 radical (unpaired) electrons. The molecule has 1 amide bonds. The third kappa shape index (κ3) is 3.41. The highest BCUT2D eigenvalue weighted by Gasteiger charge is 2.32. The molecular formula is C19H16N2O2S. The zero-order valence-electron chi connectivity index (χ0n) is 12.9. The standard InChI is InChI=1S/C19H16N2O2S/c1-2-12-21-18(23)17(13-14-8-6-7-11-16(14)22)24-19(21)20-15-9-4-3-5-10-15/h2-11,13,22H,1,12H2. The maximum absolute atomic E-state index is 12.6. The first-order chi connectivity index (χ1) is 11.7. The SMILES string of the molecule is C=CCN1C(=O)C(=Cc2ccccc2O)SC1=Nc1ccccc1. The van der Waals surface area contributed by atoms with Crippen LogP contribution >= 0.6 is 11.8 Å². The molecule has 1 heterocycles. The molecule has 5 heteroatoms. The average Bonchev–Trinajstić information content (AvgIpc) is 2.87. The van der Waals surface area contributed by atoms with Crippen molar-refractivity contribution in [1.29, 1.82) is 0 Å². The lowest BCUT2D eigenvalue weighted by Gasteiger charge is -2.12. The molecule has 1 fully saturated rings. The van der Waals surface area contributed by atoms with Crippen molar-refractivity contribution >= 4 is 34.6 Å². The van der Waals surface area contributed by atoms with Crippen LogP contribution in [0.1, 0.15) is 5.56 Å². The van der Waals surface area contributed by atoms with Crippen LogP contribution in [0.15, 0.2) is 77.1 Å². The van der Waals surface area contributed by atoms with Crippen LogP contribution in [-0.4, -0.2) is 27.6 Å². The minimum Gasteiger partial charge on any atom is -0.507 e. The summed E-state index contributed by atoms with van der Waals surface area (Å²) in [7, 11) is 0. The van der Waals surface area contributed by atoms with Crippen LogP contribution in [0.4, 0.5) is 5.69 Å². The number of hydrogen-bond acceptors (Lipinski definition) is 4. The predicted molar refractivity (Wildman–Crippen MR) is 99.1 cm³/mol. The van der Waals surface area contributed by atoms with Crippen LogP contribution in [0, 0.1) is 0 Å². The highest BCUT2D eigenvalue weighted by atomic mass is 32.2. The number of nitrogens with zero attached hydrogens (tertiary/aromatic N) is 2. The largest absolute Gasteiger partial charge is 0.507 e. The minimum atomic E-state index is -0.141. The first kappa shape index (κ1) is 16.1. The van der Waals surface area contributed by atoms with Crippen molar-refractivity contribution in [2.24, 2.45) is 4.99 Å². The molecule has 0 unspecified atom stereocenters. The van der Waals surface area contributed by atoms with Gasteiger partial charge in [0, 0.05) is 12.1 Å². The molecule has 4 nitrogen and oxygen atoms in total. The number of hydrogen-bond donors (Lipinski definition) is 1. The maximum Gasteiger partial charge on any atom is 0.267 e. The molecule has 1 saturated heterocycles. The number of carbonyl (C=O) groups excluding carboxylic acids is 1. The van der Waals surface area contributed by atoms with E-state index in [0.29, 0.717) is 22.2 Å². The van der Waals surface area contributed by atoms with Crippen molar-refractivity contribution in [3.05, 3.63) is 77.7 Å². The van der Waals surface area contributed by atoms with Crippen LogP contribution in [0.2, 0.25) is 0 Å². The van der Waals surface area contributed by atoms with Gasteiger partial charge in [0.05, 0.1) is 10.6 Å². The summed E-state index contributed by atoms with van der Waals surface area (Å²) < 4.78 is 0. The molecule has 1 aliphatic heterocycles. The first-order valence-corrected chi connectivity index (χ1v) is 8.25. The number of rotatable bonds is 4. The second-order valence-electron chi connectivity index (χ2n) is 5.10. The molecule has 0 bridgehead atoms. The Morgan fingerprint density at radius 3 is 2.54 bits per heavy atom. The van der Waals surface area contributed by atoms with Gasteiger partial charge in [-0.15, -0.1) is 6.58 Å². The van der Waals surface area contributed by atoms with Crippen LogP contribution in [0.3, 0.4) is 0 Å². The lowest BCUT2D eigenvalue weighted by molar-refractivity contribution is -0.121. The second kappa shape index (κ2) is 7.19. The molecule has 0 spiro atoms. The summed E-state index contributed by atoms with van der Waals surface area (Å²) in [5.41, 5.74) is 1.39. The Bertz CT molecular complexity index is 828. The van der Waals surface area contributed by atoms with Gasteiger partial charge in [-0.05, 0) is 36.0 Å². The molecule has 24 heavy (non-hydrogen) atoms. The van der Waals surface area contributed by atoms with E-state index in [1.807, 2.05) is 36.4 Å². The van der Waals surface area contributed by atoms with Gasteiger partial charge in [0.25, 0.3) is 5.91 Å². The zero-order chi connectivity index (χ0) is 16.9. The van der Waals surface area contributed by atoms with E-state index in [1.165, 1.54) is 11.8 Å². The number of aromatic hydroxyl groups is 1.